The third-order valence-corrected chi connectivity index (χ3v) is 5.78. The fraction of sp³-hybridized carbons (Fsp3) is 0.269. The molecule has 0 saturated carbocycles. The van der Waals surface area contributed by atoms with Crippen LogP contribution in [0.3, 0.4) is 0 Å². The molecule has 0 aliphatic carbocycles. The first-order valence-corrected chi connectivity index (χ1v) is 11.2. The molecule has 0 unspecified atom stereocenters. The number of hydrogen-bond acceptors (Lipinski definition) is 6. The number of halogens is 1. The largest absolute Gasteiger partial charge is 0.439 e. The number of likely N-dealkylation sites (tertiary alicyclic amines) is 1. The van der Waals surface area contributed by atoms with Gasteiger partial charge in [-0.1, -0.05) is 0 Å². The van der Waals surface area contributed by atoms with Crippen LogP contribution in [0.2, 0.25) is 0 Å². The Kier molecular flexibility index (Phi) is 7.35. The molecule has 0 atom stereocenters. The Labute approximate surface area is 197 Å². The van der Waals surface area contributed by atoms with Gasteiger partial charge in [0.05, 0.1) is 11.6 Å². The standard InChI is InChI=1S/C26H25FN4O3/c27-20-3-7-22(8-4-20)34-25-23(26(32)31-15-12-18(11-14-28)13-16-31)9-10-24(30-25)33-21-5-1-19(17-29)2-6-21/h1-10,18H,11-16,28H2. The minimum Gasteiger partial charge on any atom is -0.439 e. The first-order valence-electron chi connectivity index (χ1n) is 11.2. The summed E-state index contributed by atoms with van der Waals surface area (Å²) in [4.78, 5) is 19.5. The molecule has 174 valence electrons. The number of benzene rings is 2. The summed E-state index contributed by atoms with van der Waals surface area (Å²) in [6.07, 6.45) is 2.78. The molecule has 2 heterocycles. The van der Waals surface area contributed by atoms with Gasteiger partial charge in [0, 0.05) is 19.2 Å². The molecule has 0 radical (unpaired) electrons. The molecule has 2 N–H and O–H groups in total. The number of carbonyl (C=O) groups is 1. The van der Waals surface area contributed by atoms with Crippen LogP contribution in [-0.2, 0) is 0 Å². The van der Waals surface area contributed by atoms with Crippen LogP contribution < -0.4 is 15.2 Å². The van der Waals surface area contributed by atoms with Gasteiger partial charge in [-0.3, -0.25) is 4.79 Å². The molecule has 1 amide bonds. The van der Waals surface area contributed by atoms with Crippen LogP contribution in [-0.4, -0.2) is 35.4 Å². The molecule has 7 nitrogen and oxygen atoms in total. The van der Waals surface area contributed by atoms with Crippen LogP contribution in [0.5, 0.6) is 23.3 Å². The Hall–Kier alpha value is -3.96. The number of carbonyl (C=O) groups excluding carboxylic acids is 1. The minimum absolute atomic E-state index is 0.0758. The first-order chi connectivity index (χ1) is 16.6. The van der Waals surface area contributed by atoms with Gasteiger partial charge in [-0.15, -0.1) is 0 Å². The topological polar surface area (TPSA) is 101 Å². The predicted octanol–water partition coefficient (Wildman–Crippen LogP) is 4.88. The van der Waals surface area contributed by atoms with E-state index in [1.54, 1.807) is 41.3 Å². The fourth-order valence-corrected chi connectivity index (χ4v) is 3.88. The van der Waals surface area contributed by atoms with E-state index in [1.807, 2.05) is 0 Å². The SMILES string of the molecule is N#Cc1ccc(Oc2ccc(C(=O)N3CCC(CCN)CC3)c(Oc3ccc(F)cc3)n2)cc1. The van der Waals surface area contributed by atoms with Gasteiger partial charge < -0.3 is 20.1 Å². The Morgan fingerprint density at radius 3 is 2.32 bits per heavy atom. The van der Waals surface area contributed by atoms with Crippen molar-refractivity contribution >= 4 is 5.91 Å². The molecule has 1 aliphatic rings. The van der Waals surface area contributed by atoms with Gasteiger partial charge in [-0.25, -0.2) is 4.39 Å². The van der Waals surface area contributed by atoms with Crippen molar-refractivity contribution < 1.29 is 18.7 Å². The van der Waals surface area contributed by atoms with Crippen LogP contribution in [0.25, 0.3) is 0 Å². The molecule has 4 rings (SSSR count). The summed E-state index contributed by atoms with van der Waals surface area (Å²) in [5.41, 5.74) is 6.49. The molecule has 1 aliphatic heterocycles. The second-order valence-corrected chi connectivity index (χ2v) is 8.11. The number of aromatic nitrogens is 1. The summed E-state index contributed by atoms with van der Waals surface area (Å²) in [7, 11) is 0. The number of pyridine rings is 1. The molecular weight excluding hydrogens is 435 g/mol. The maximum absolute atomic E-state index is 13.3. The number of amides is 1. The number of rotatable bonds is 7. The summed E-state index contributed by atoms with van der Waals surface area (Å²) in [6.45, 7) is 1.94. The lowest BCUT2D eigenvalue weighted by Gasteiger charge is -2.32. The van der Waals surface area contributed by atoms with E-state index in [9.17, 15) is 9.18 Å². The zero-order valence-electron chi connectivity index (χ0n) is 18.6. The van der Waals surface area contributed by atoms with Crippen molar-refractivity contribution in [2.24, 2.45) is 11.7 Å². The Bertz CT molecular complexity index is 1170. The molecule has 1 saturated heterocycles. The normalized spacial score (nSPS) is 13.9. The Morgan fingerprint density at radius 2 is 1.68 bits per heavy atom. The zero-order valence-corrected chi connectivity index (χ0v) is 18.6. The van der Waals surface area contributed by atoms with Gasteiger partial charge in [0.2, 0.25) is 11.8 Å². The van der Waals surface area contributed by atoms with Crippen LogP contribution in [0.1, 0.15) is 35.2 Å². The van der Waals surface area contributed by atoms with Crippen molar-refractivity contribution in [2.45, 2.75) is 19.3 Å². The maximum atomic E-state index is 13.3. The number of nitrogens with zero attached hydrogens (tertiary/aromatic N) is 3. The predicted molar refractivity (Wildman–Crippen MR) is 124 cm³/mol. The lowest BCUT2D eigenvalue weighted by atomic mass is 9.93. The minimum atomic E-state index is -0.394. The van der Waals surface area contributed by atoms with Gasteiger partial charge in [0.1, 0.15) is 22.9 Å². The summed E-state index contributed by atoms with van der Waals surface area (Å²) in [5.74, 6) is 1.09. The monoisotopic (exact) mass is 460 g/mol. The van der Waals surface area contributed by atoms with Crippen LogP contribution in [0, 0.1) is 23.1 Å². The van der Waals surface area contributed by atoms with E-state index in [2.05, 4.69) is 11.1 Å². The summed E-state index contributed by atoms with van der Waals surface area (Å²) in [5, 5.41) is 8.96. The Balaban J connectivity index is 1.58. The lowest BCUT2D eigenvalue weighted by molar-refractivity contribution is 0.0684. The molecule has 0 spiro atoms. The highest BCUT2D eigenvalue weighted by Gasteiger charge is 2.26. The third-order valence-electron chi connectivity index (χ3n) is 5.78. The van der Waals surface area contributed by atoms with Crippen molar-refractivity contribution in [3.63, 3.8) is 0 Å². The number of hydrogen-bond donors (Lipinski definition) is 1. The van der Waals surface area contributed by atoms with E-state index in [1.165, 1.54) is 24.3 Å². The lowest BCUT2D eigenvalue weighted by Crippen LogP contribution is -2.39. The average molecular weight is 461 g/mol. The molecule has 3 aromatic rings. The summed E-state index contributed by atoms with van der Waals surface area (Å²) < 4.78 is 25.0. The smallest absolute Gasteiger partial charge is 0.259 e. The zero-order chi connectivity index (χ0) is 23.9. The van der Waals surface area contributed by atoms with Gasteiger partial charge >= 0.3 is 0 Å². The number of nitrogens with two attached hydrogens (primary N) is 1. The van der Waals surface area contributed by atoms with Crippen molar-refractivity contribution in [2.75, 3.05) is 19.6 Å². The molecule has 34 heavy (non-hydrogen) atoms. The van der Waals surface area contributed by atoms with Gasteiger partial charge in [-0.05, 0) is 86.3 Å². The van der Waals surface area contributed by atoms with Crippen molar-refractivity contribution in [3.8, 4) is 29.3 Å². The highest BCUT2D eigenvalue weighted by molar-refractivity contribution is 5.96. The molecule has 2 aromatic carbocycles. The quantitative estimate of drug-likeness (QED) is 0.539. The van der Waals surface area contributed by atoms with E-state index in [4.69, 9.17) is 20.5 Å². The van der Waals surface area contributed by atoms with E-state index < -0.39 is 5.82 Å². The van der Waals surface area contributed by atoms with Gasteiger partial charge in [0.25, 0.3) is 5.91 Å². The highest BCUT2D eigenvalue weighted by Crippen LogP contribution is 2.30. The average Bonchev–Trinajstić information content (AvgIpc) is 2.86. The molecule has 1 aromatic heterocycles. The second-order valence-electron chi connectivity index (χ2n) is 8.11. The summed E-state index contributed by atoms with van der Waals surface area (Å²) in [6, 6.07) is 17.4. The van der Waals surface area contributed by atoms with Crippen LogP contribution >= 0.6 is 0 Å². The number of ether oxygens (including phenoxy) is 2. The van der Waals surface area contributed by atoms with Crippen LogP contribution in [0.15, 0.2) is 60.7 Å². The molecule has 8 heteroatoms. The number of piperidine rings is 1. The van der Waals surface area contributed by atoms with Gasteiger partial charge in [-0.2, -0.15) is 10.2 Å². The first kappa shape index (κ1) is 23.2. The molecule has 1 fully saturated rings. The van der Waals surface area contributed by atoms with E-state index in [0.717, 1.165) is 19.3 Å². The molecular formula is C26H25FN4O3. The second kappa shape index (κ2) is 10.8. The van der Waals surface area contributed by atoms with E-state index in [-0.39, 0.29) is 17.7 Å². The third kappa shape index (κ3) is 5.69. The van der Waals surface area contributed by atoms with E-state index >= 15 is 0 Å². The maximum Gasteiger partial charge on any atom is 0.259 e. The van der Waals surface area contributed by atoms with Crippen LogP contribution in [0.4, 0.5) is 4.39 Å². The Morgan fingerprint density at radius 1 is 1.03 bits per heavy atom. The highest BCUT2D eigenvalue weighted by atomic mass is 19.1. The fourth-order valence-electron chi connectivity index (χ4n) is 3.88. The van der Waals surface area contributed by atoms with Crippen molar-refractivity contribution in [3.05, 3.63) is 77.6 Å². The van der Waals surface area contributed by atoms with Gasteiger partial charge in [0.15, 0.2) is 0 Å². The summed E-state index contributed by atoms with van der Waals surface area (Å²) >= 11 is 0. The van der Waals surface area contributed by atoms with E-state index in [0.29, 0.717) is 48.2 Å². The van der Waals surface area contributed by atoms with Crippen molar-refractivity contribution in [1.82, 2.24) is 9.88 Å². The van der Waals surface area contributed by atoms with Crippen molar-refractivity contribution in [1.29, 1.82) is 5.26 Å². The number of nitriles is 1. The molecule has 0 bridgehead atoms.